The first-order valence-corrected chi connectivity index (χ1v) is 18.2. The highest BCUT2D eigenvalue weighted by molar-refractivity contribution is 6.74. The molecule has 2 aromatic heterocycles. The van der Waals surface area contributed by atoms with E-state index in [1.54, 1.807) is 0 Å². The van der Waals surface area contributed by atoms with Gasteiger partial charge in [0.25, 0.3) is 0 Å². The Labute approximate surface area is 249 Å². The molecule has 1 N–H and O–H groups in total. The van der Waals surface area contributed by atoms with Crippen molar-refractivity contribution in [3.63, 3.8) is 0 Å². The second kappa shape index (κ2) is 11.1. The van der Waals surface area contributed by atoms with E-state index in [4.69, 9.17) is 14.1 Å². The number of alkyl halides is 3. The summed E-state index contributed by atoms with van der Waals surface area (Å²) in [7, 11) is -2.20. The van der Waals surface area contributed by atoms with Crippen molar-refractivity contribution in [3.8, 4) is 0 Å². The first kappa shape index (κ1) is 31.4. The van der Waals surface area contributed by atoms with Gasteiger partial charge in [-0.25, -0.2) is 0 Å². The van der Waals surface area contributed by atoms with Crippen LogP contribution in [0, 0.1) is 5.41 Å². The number of hydrogen-bond acceptors (Lipinski definition) is 5. The van der Waals surface area contributed by atoms with Gasteiger partial charge in [-0.1, -0.05) is 53.2 Å². The van der Waals surface area contributed by atoms with E-state index in [0.717, 1.165) is 66.0 Å². The van der Waals surface area contributed by atoms with Crippen molar-refractivity contribution in [1.82, 2.24) is 9.97 Å². The van der Waals surface area contributed by atoms with Gasteiger partial charge in [-0.05, 0) is 78.8 Å². The number of pyridine rings is 2. The van der Waals surface area contributed by atoms with Gasteiger partial charge in [0, 0.05) is 34.3 Å². The first-order chi connectivity index (χ1) is 19.5. The second-order valence-corrected chi connectivity index (χ2v) is 19.1. The van der Waals surface area contributed by atoms with Crippen molar-refractivity contribution >= 4 is 13.9 Å². The Hall–Kier alpha value is -2.07. The average molecular weight is 603 g/mol. The lowest BCUT2D eigenvalue weighted by Crippen LogP contribution is -2.46. The number of ether oxygens (including phenoxy) is 1. The number of halogens is 3. The van der Waals surface area contributed by atoms with Crippen LogP contribution in [0.25, 0.3) is 5.57 Å². The topological polar surface area (TPSA) is 64.5 Å². The van der Waals surface area contributed by atoms with E-state index in [-0.39, 0.29) is 22.5 Å². The van der Waals surface area contributed by atoms with E-state index >= 15 is 0 Å². The third-order valence-electron chi connectivity index (χ3n) is 10.0. The highest BCUT2D eigenvalue weighted by Crippen LogP contribution is 2.57. The molecule has 0 aromatic carbocycles. The zero-order valence-electron chi connectivity index (χ0n) is 26.0. The van der Waals surface area contributed by atoms with Gasteiger partial charge < -0.3 is 14.3 Å². The van der Waals surface area contributed by atoms with E-state index < -0.39 is 26.3 Å². The largest absolute Gasteiger partial charge is 0.433 e. The van der Waals surface area contributed by atoms with E-state index in [1.165, 1.54) is 12.5 Å². The van der Waals surface area contributed by atoms with E-state index in [0.29, 0.717) is 30.8 Å². The zero-order chi connectivity index (χ0) is 30.7. The normalized spacial score (nSPS) is 21.6. The van der Waals surface area contributed by atoms with Gasteiger partial charge in [0.05, 0.1) is 19.3 Å². The number of aliphatic hydroxyl groups excluding tert-OH is 1. The quantitative estimate of drug-likeness (QED) is 0.335. The molecular weight excluding hydrogens is 557 g/mol. The maximum atomic E-state index is 13.3. The standard InChI is InChI=1S/C33H45F3N2O3Si/c1-20(2)29-28(30(39)22-9-10-25(37-19-22)33(34,35)36)26(21-11-15-40-16-12-21)27-23(38-29)17-32(13-8-14-32)18-24(27)41-42(6,7)31(3,4)5/h9-11,19-20,24,30,39H,8,12-18H2,1-7H3. The fourth-order valence-corrected chi connectivity index (χ4v) is 7.76. The van der Waals surface area contributed by atoms with Gasteiger partial charge in [0.1, 0.15) is 11.8 Å². The smallest absolute Gasteiger partial charge is 0.410 e. The average Bonchev–Trinajstić information content (AvgIpc) is 2.89. The lowest BCUT2D eigenvalue weighted by molar-refractivity contribution is -0.141. The van der Waals surface area contributed by atoms with E-state index in [1.807, 2.05) is 0 Å². The van der Waals surface area contributed by atoms with E-state index in [2.05, 4.69) is 58.8 Å². The SMILES string of the molecule is CC(C)c1nc2c(c(C3=CCOCC3)c1C(O)c1ccc(C(F)(F)F)nc1)C(O[Si](C)(C)C(C)(C)C)CC1(CCC1)C2. The van der Waals surface area contributed by atoms with Gasteiger partial charge in [-0.3, -0.25) is 9.97 Å². The van der Waals surface area contributed by atoms with Crippen LogP contribution < -0.4 is 0 Å². The van der Waals surface area contributed by atoms with Crippen molar-refractivity contribution in [3.05, 3.63) is 63.7 Å². The van der Waals surface area contributed by atoms with Crippen LogP contribution in [0.2, 0.25) is 18.1 Å². The van der Waals surface area contributed by atoms with Gasteiger partial charge in [0.15, 0.2) is 8.32 Å². The molecule has 0 bridgehead atoms. The molecule has 1 saturated carbocycles. The van der Waals surface area contributed by atoms with Crippen LogP contribution in [0.1, 0.15) is 124 Å². The van der Waals surface area contributed by atoms with Crippen LogP contribution in [-0.4, -0.2) is 36.6 Å². The number of hydrogen-bond donors (Lipinski definition) is 1. The molecule has 3 heterocycles. The Morgan fingerprint density at radius 2 is 1.86 bits per heavy atom. The molecule has 1 spiro atoms. The lowest BCUT2D eigenvalue weighted by Gasteiger charge is -2.51. The molecule has 42 heavy (non-hydrogen) atoms. The molecule has 3 aliphatic rings. The summed E-state index contributed by atoms with van der Waals surface area (Å²) >= 11 is 0. The van der Waals surface area contributed by atoms with Crippen LogP contribution in [0.15, 0.2) is 24.4 Å². The van der Waals surface area contributed by atoms with Crippen molar-refractivity contribution in [1.29, 1.82) is 0 Å². The predicted octanol–water partition coefficient (Wildman–Crippen LogP) is 8.68. The van der Waals surface area contributed by atoms with Gasteiger partial charge >= 0.3 is 6.18 Å². The maximum absolute atomic E-state index is 13.3. The summed E-state index contributed by atoms with van der Waals surface area (Å²) in [5.74, 6) is -0.0134. The summed E-state index contributed by atoms with van der Waals surface area (Å²) in [5, 5.41) is 12.0. The number of rotatable bonds is 6. The number of aromatic nitrogens is 2. The maximum Gasteiger partial charge on any atom is 0.433 e. The predicted molar refractivity (Wildman–Crippen MR) is 161 cm³/mol. The van der Waals surface area contributed by atoms with Crippen LogP contribution in [0.4, 0.5) is 13.2 Å². The fourth-order valence-electron chi connectivity index (χ4n) is 6.50. The Balaban J connectivity index is 1.75. The fraction of sp³-hybridized carbons (Fsp3) is 0.636. The third-order valence-corrected chi connectivity index (χ3v) is 14.5. The van der Waals surface area contributed by atoms with Crippen LogP contribution in [0.3, 0.4) is 0 Å². The minimum absolute atomic E-state index is 0.00897. The molecule has 2 atom stereocenters. The van der Waals surface area contributed by atoms with Gasteiger partial charge in [-0.15, -0.1) is 0 Å². The molecule has 1 aliphatic heterocycles. The lowest BCUT2D eigenvalue weighted by atomic mass is 9.59. The summed E-state index contributed by atoms with van der Waals surface area (Å²) in [5.41, 5.74) is 5.11. The minimum Gasteiger partial charge on any atom is -0.410 e. The summed E-state index contributed by atoms with van der Waals surface area (Å²) in [6, 6.07) is 2.27. The molecule has 0 saturated heterocycles. The zero-order valence-corrected chi connectivity index (χ0v) is 27.0. The molecule has 230 valence electrons. The summed E-state index contributed by atoms with van der Waals surface area (Å²) in [6.07, 6.45) is 3.34. The Kier molecular flexibility index (Phi) is 8.31. The summed E-state index contributed by atoms with van der Waals surface area (Å²) in [6.45, 7) is 16.5. The van der Waals surface area contributed by atoms with Crippen LogP contribution in [0.5, 0.6) is 0 Å². The molecule has 9 heteroatoms. The van der Waals surface area contributed by atoms with Crippen LogP contribution in [-0.2, 0) is 21.8 Å². The molecule has 2 aromatic rings. The molecule has 0 radical (unpaired) electrons. The minimum atomic E-state index is -4.55. The number of nitrogens with zero attached hydrogens (tertiary/aromatic N) is 2. The summed E-state index contributed by atoms with van der Waals surface area (Å²) in [4.78, 5) is 8.98. The number of aliphatic hydroxyl groups is 1. The molecule has 5 nitrogen and oxygen atoms in total. The molecule has 1 fully saturated rings. The van der Waals surface area contributed by atoms with Gasteiger partial charge in [-0.2, -0.15) is 13.2 Å². The van der Waals surface area contributed by atoms with Gasteiger partial charge in [0.2, 0.25) is 0 Å². The molecular formula is C33H45F3N2O3Si. The molecule has 2 aliphatic carbocycles. The molecule has 0 amide bonds. The van der Waals surface area contributed by atoms with Crippen molar-refractivity contribution in [2.75, 3.05) is 13.2 Å². The second-order valence-electron chi connectivity index (χ2n) is 14.3. The first-order valence-electron chi connectivity index (χ1n) is 15.3. The third kappa shape index (κ3) is 5.86. The van der Waals surface area contributed by atoms with E-state index in [9.17, 15) is 18.3 Å². The molecule has 2 unspecified atom stereocenters. The number of fused-ring (bicyclic) bond motifs is 1. The van der Waals surface area contributed by atoms with Crippen LogP contribution >= 0.6 is 0 Å². The Bertz CT molecular complexity index is 1340. The highest BCUT2D eigenvalue weighted by Gasteiger charge is 2.49. The van der Waals surface area contributed by atoms with Crippen molar-refractivity contribution in [2.24, 2.45) is 5.41 Å². The molecule has 5 rings (SSSR count). The Morgan fingerprint density at radius 1 is 1.14 bits per heavy atom. The highest BCUT2D eigenvalue weighted by atomic mass is 28.4. The van der Waals surface area contributed by atoms with Crippen molar-refractivity contribution in [2.45, 2.75) is 116 Å². The Morgan fingerprint density at radius 3 is 2.36 bits per heavy atom. The monoisotopic (exact) mass is 602 g/mol. The van der Waals surface area contributed by atoms with Crippen molar-refractivity contribution < 1.29 is 27.4 Å². The summed E-state index contributed by atoms with van der Waals surface area (Å²) < 4.78 is 52.8.